The van der Waals surface area contributed by atoms with Crippen LogP contribution < -0.4 is 0 Å². The molecule has 1 atom stereocenters. The smallest absolute Gasteiger partial charge is 0.146 e. The first-order chi connectivity index (χ1) is 13.7. The highest BCUT2D eigenvalue weighted by molar-refractivity contribution is 5.92. The molecule has 0 saturated heterocycles. The fraction of sp³-hybridized carbons (Fsp3) is 0.480. The summed E-state index contributed by atoms with van der Waals surface area (Å²) in [5.41, 5.74) is 1.21. The van der Waals surface area contributed by atoms with Crippen LogP contribution in [-0.2, 0) is 12.1 Å². The third kappa shape index (κ3) is 5.23. The van der Waals surface area contributed by atoms with Gasteiger partial charge in [-0.1, -0.05) is 99.7 Å². The number of unbranched alkanes of at least 4 members (excludes halogenated alkanes) is 5. The average Bonchev–Trinajstić information content (AvgIpc) is 3.20. The molecule has 1 aliphatic heterocycles. The van der Waals surface area contributed by atoms with Crippen molar-refractivity contribution in [3.63, 3.8) is 0 Å². The summed E-state index contributed by atoms with van der Waals surface area (Å²) in [6, 6.07) is 20.6. The molecular formula is C25H34N2O. The van der Waals surface area contributed by atoms with Crippen LogP contribution in [0.4, 0.5) is 0 Å². The molecule has 2 aromatic carbocycles. The summed E-state index contributed by atoms with van der Waals surface area (Å²) in [5.74, 6) is 0.844. The zero-order chi connectivity index (χ0) is 19.7. The van der Waals surface area contributed by atoms with E-state index >= 15 is 0 Å². The first kappa shape index (κ1) is 20.6. The minimum Gasteiger partial charge on any atom is -0.377 e. The van der Waals surface area contributed by atoms with Gasteiger partial charge in [0.25, 0.3) is 0 Å². The van der Waals surface area contributed by atoms with Crippen molar-refractivity contribution < 1.29 is 5.11 Å². The average molecular weight is 379 g/mol. The van der Waals surface area contributed by atoms with Crippen molar-refractivity contribution in [2.75, 3.05) is 13.1 Å². The first-order valence-electron chi connectivity index (χ1n) is 10.9. The zero-order valence-electron chi connectivity index (χ0n) is 17.2. The number of amidine groups is 1. The summed E-state index contributed by atoms with van der Waals surface area (Å²) in [6.07, 6.45) is 8.03. The largest absolute Gasteiger partial charge is 0.377 e. The maximum Gasteiger partial charge on any atom is 0.146 e. The van der Waals surface area contributed by atoms with Crippen LogP contribution in [0.3, 0.4) is 0 Å². The number of nitrogens with zero attached hydrogens (tertiary/aromatic N) is 2. The molecule has 1 heterocycles. The normalized spacial score (nSPS) is 16.1. The van der Waals surface area contributed by atoms with Crippen LogP contribution in [0.2, 0.25) is 0 Å². The lowest BCUT2D eigenvalue weighted by molar-refractivity contribution is 0.0842. The van der Waals surface area contributed by atoms with Gasteiger partial charge in [-0.2, -0.15) is 0 Å². The van der Waals surface area contributed by atoms with Gasteiger partial charge >= 0.3 is 0 Å². The van der Waals surface area contributed by atoms with Crippen LogP contribution in [-0.4, -0.2) is 28.9 Å². The predicted molar refractivity (Wildman–Crippen MR) is 117 cm³/mol. The fourth-order valence-corrected chi connectivity index (χ4v) is 4.09. The Hall–Kier alpha value is -2.13. The third-order valence-electron chi connectivity index (χ3n) is 5.66. The van der Waals surface area contributed by atoms with Gasteiger partial charge < -0.3 is 10.0 Å². The maximum atomic E-state index is 11.9. The van der Waals surface area contributed by atoms with E-state index in [-0.39, 0.29) is 0 Å². The number of aliphatic imine (C=N–C) groups is 1. The first-order valence-corrected chi connectivity index (χ1v) is 10.9. The molecule has 0 radical (unpaired) electrons. The van der Waals surface area contributed by atoms with Gasteiger partial charge in [0.15, 0.2) is 0 Å². The molecule has 1 unspecified atom stereocenters. The highest BCUT2D eigenvalue weighted by Crippen LogP contribution is 2.33. The second-order valence-electron chi connectivity index (χ2n) is 7.86. The second kappa shape index (κ2) is 10.4. The highest BCUT2D eigenvalue weighted by Gasteiger charge is 2.39. The minimum atomic E-state index is -1.00. The minimum absolute atomic E-state index is 0.729. The Labute approximate surface area is 170 Å². The van der Waals surface area contributed by atoms with Crippen LogP contribution in [0, 0.1) is 0 Å². The lowest BCUT2D eigenvalue weighted by Crippen LogP contribution is -2.44. The quantitative estimate of drug-likeness (QED) is 0.521. The van der Waals surface area contributed by atoms with E-state index in [1.165, 1.54) is 37.7 Å². The number of rotatable bonds is 11. The molecule has 150 valence electrons. The van der Waals surface area contributed by atoms with Crippen molar-refractivity contribution in [3.8, 4) is 0 Å². The van der Waals surface area contributed by atoms with E-state index in [0.29, 0.717) is 0 Å². The number of hydrogen-bond acceptors (Lipinski definition) is 3. The van der Waals surface area contributed by atoms with Gasteiger partial charge in [-0.05, 0) is 24.0 Å². The molecule has 0 amide bonds. The molecule has 3 rings (SSSR count). The van der Waals surface area contributed by atoms with Crippen molar-refractivity contribution in [2.24, 2.45) is 4.99 Å². The van der Waals surface area contributed by atoms with Crippen molar-refractivity contribution in [1.29, 1.82) is 0 Å². The molecule has 0 saturated carbocycles. The van der Waals surface area contributed by atoms with Gasteiger partial charge in [0.05, 0.1) is 6.54 Å². The monoisotopic (exact) mass is 378 g/mol. The Morgan fingerprint density at radius 1 is 0.893 bits per heavy atom. The fourth-order valence-electron chi connectivity index (χ4n) is 4.09. The van der Waals surface area contributed by atoms with Gasteiger partial charge in [0.1, 0.15) is 11.4 Å². The highest BCUT2D eigenvalue weighted by atomic mass is 16.3. The van der Waals surface area contributed by atoms with E-state index in [1.54, 1.807) is 0 Å². The van der Waals surface area contributed by atoms with Gasteiger partial charge in [-0.15, -0.1) is 0 Å². The summed E-state index contributed by atoms with van der Waals surface area (Å²) >= 11 is 0. The lowest BCUT2D eigenvalue weighted by Gasteiger charge is -2.34. The zero-order valence-corrected chi connectivity index (χ0v) is 17.2. The van der Waals surface area contributed by atoms with Gasteiger partial charge in [-0.3, -0.25) is 4.99 Å². The van der Waals surface area contributed by atoms with E-state index in [2.05, 4.69) is 36.1 Å². The standard InChI is InChI=1S/C25H34N2O/c1-2-3-4-5-6-13-18-25(28,23-16-11-8-12-17-23)24-26-19-20-27(24)21-22-14-9-7-10-15-22/h7-12,14-17,28H,2-6,13,18-21H2,1H3. The summed E-state index contributed by atoms with van der Waals surface area (Å²) in [5, 5.41) is 11.9. The molecule has 0 fully saturated rings. The maximum absolute atomic E-state index is 11.9. The molecule has 0 bridgehead atoms. The Balaban J connectivity index is 1.74. The van der Waals surface area contributed by atoms with Crippen LogP contribution in [0.25, 0.3) is 0 Å². The van der Waals surface area contributed by atoms with E-state index in [4.69, 9.17) is 4.99 Å². The van der Waals surface area contributed by atoms with Crippen molar-refractivity contribution >= 4 is 5.84 Å². The number of hydrogen-bond donors (Lipinski definition) is 1. The van der Waals surface area contributed by atoms with E-state index < -0.39 is 5.60 Å². The van der Waals surface area contributed by atoms with E-state index in [0.717, 1.165) is 43.9 Å². The molecule has 1 N–H and O–H groups in total. The molecule has 1 aliphatic rings. The van der Waals surface area contributed by atoms with Crippen LogP contribution in [0.1, 0.15) is 63.0 Å². The van der Waals surface area contributed by atoms with Crippen LogP contribution in [0.15, 0.2) is 65.7 Å². The summed E-state index contributed by atoms with van der Waals surface area (Å²) in [4.78, 5) is 7.05. The summed E-state index contributed by atoms with van der Waals surface area (Å²) < 4.78 is 0. The number of aliphatic hydroxyl groups is 1. The molecule has 3 nitrogen and oxygen atoms in total. The van der Waals surface area contributed by atoms with Crippen LogP contribution in [0.5, 0.6) is 0 Å². The van der Waals surface area contributed by atoms with Gasteiger partial charge in [-0.25, -0.2) is 0 Å². The molecule has 0 spiro atoms. The Morgan fingerprint density at radius 2 is 1.54 bits per heavy atom. The SMILES string of the molecule is CCCCCCCCC(O)(C1=NCCN1Cc1ccccc1)c1ccccc1. The van der Waals surface area contributed by atoms with E-state index in [1.807, 2.05) is 36.4 Å². The molecule has 0 aromatic heterocycles. The lowest BCUT2D eigenvalue weighted by atomic mass is 9.86. The van der Waals surface area contributed by atoms with Gasteiger partial charge in [0.2, 0.25) is 0 Å². The van der Waals surface area contributed by atoms with Crippen molar-refractivity contribution in [2.45, 2.75) is 64.0 Å². The molecule has 2 aromatic rings. The predicted octanol–water partition coefficient (Wildman–Crippen LogP) is 5.54. The van der Waals surface area contributed by atoms with Crippen LogP contribution >= 0.6 is 0 Å². The Kier molecular flexibility index (Phi) is 7.67. The summed E-state index contributed by atoms with van der Waals surface area (Å²) in [7, 11) is 0. The van der Waals surface area contributed by atoms with Crippen molar-refractivity contribution in [1.82, 2.24) is 4.90 Å². The molecule has 0 aliphatic carbocycles. The van der Waals surface area contributed by atoms with Gasteiger partial charge in [0, 0.05) is 13.1 Å². The van der Waals surface area contributed by atoms with E-state index in [9.17, 15) is 5.11 Å². The molecule has 28 heavy (non-hydrogen) atoms. The Morgan fingerprint density at radius 3 is 2.25 bits per heavy atom. The molecular weight excluding hydrogens is 344 g/mol. The van der Waals surface area contributed by atoms with Crippen molar-refractivity contribution in [3.05, 3.63) is 71.8 Å². The molecule has 3 heteroatoms. The topological polar surface area (TPSA) is 35.8 Å². The second-order valence-corrected chi connectivity index (χ2v) is 7.86. The third-order valence-corrected chi connectivity index (χ3v) is 5.66. The summed E-state index contributed by atoms with van der Waals surface area (Å²) in [6.45, 7) is 4.67. The number of benzene rings is 2. The Bertz CT molecular complexity index is 729.